The molecule has 0 spiro atoms. The summed E-state index contributed by atoms with van der Waals surface area (Å²) in [5, 5.41) is 4.44. The molecule has 3 rings (SSSR count). The molecule has 0 fully saturated rings. The van der Waals surface area contributed by atoms with Gasteiger partial charge >= 0.3 is 5.97 Å². The third-order valence-electron chi connectivity index (χ3n) is 3.01. The Bertz CT molecular complexity index is 1000. The van der Waals surface area contributed by atoms with Gasteiger partial charge in [0.1, 0.15) is 18.2 Å². The number of carbonyl (C=O) groups excluding carboxylic acids is 1. The maximum Gasteiger partial charge on any atom is 0.316 e. The van der Waals surface area contributed by atoms with Crippen LogP contribution in [0.3, 0.4) is 0 Å². The molecular formula is C15H11F2N3O3S2. The second-order valence-electron chi connectivity index (χ2n) is 4.95. The molecule has 0 aliphatic heterocycles. The van der Waals surface area contributed by atoms with E-state index < -0.39 is 17.6 Å². The summed E-state index contributed by atoms with van der Waals surface area (Å²) in [7, 11) is 0. The Balaban J connectivity index is 1.60. The van der Waals surface area contributed by atoms with Gasteiger partial charge in [0, 0.05) is 16.7 Å². The van der Waals surface area contributed by atoms with Crippen molar-refractivity contribution in [1.29, 1.82) is 0 Å². The lowest BCUT2D eigenvalue weighted by molar-refractivity contribution is -0.141. The third-order valence-corrected chi connectivity index (χ3v) is 4.90. The zero-order chi connectivity index (χ0) is 18.0. The first kappa shape index (κ1) is 17.5. The number of rotatable bonds is 5. The van der Waals surface area contributed by atoms with Crippen molar-refractivity contribution in [1.82, 2.24) is 14.6 Å². The van der Waals surface area contributed by atoms with E-state index in [-0.39, 0.29) is 22.8 Å². The standard InChI is InChI=1S/C15H11F2N3O3S2/c1-8-4-13(21)20-15(18-8)25-12(19-20)6-23-14(22)7-24-11-5-9(16)2-3-10(11)17/h2-5H,6-7H2,1H3. The topological polar surface area (TPSA) is 73.6 Å². The van der Waals surface area contributed by atoms with Gasteiger partial charge < -0.3 is 4.74 Å². The van der Waals surface area contributed by atoms with E-state index in [0.717, 1.165) is 45.8 Å². The molecule has 2 heterocycles. The molecule has 25 heavy (non-hydrogen) atoms. The number of esters is 1. The number of benzene rings is 1. The van der Waals surface area contributed by atoms with Gasteiger partial charge in [0.25, 0.3) is 5.56 Å². The fourth-order valence-electron chi connectivity index (χ4n) is 1.93. The highest BCUT2D eigenvalue weighted by Crippen LogP contribution is 2.23. The smallest absolute Gasteiger partial charge is 0.316 e. The predicted molar refractivity (Wildman–Crippen MR) is 88.7 cm³/mol. The largest absolute Gasteiger partial charge is 0.458 e. The fraction of sp³-hybridized carbons (Fsp3) is 0.200. The van der Waals surface area contributed by atoms with E-state index >= 15 is 0 Å². The van der Waals surface area contributed by atoms with Crippen molar-refractivity contribution in [2.24, 2.45) is 0 Å². The van der Waals surface area contributed by atoms with Gasteiger partial charge in [0.15, 0.2) is 5.01 Å². The molecule has 6 nitrogen and oxygen atoms in total. The van der Waals surface area contributed by atoms with Crippen LogP contribution in [0.5, 0.6) is 0 Å². The van der Waals surface area contributed by atoms with Crippen LogP contribution in [-0.2, 0) is 16.1 Å². The number of halogens is 2. The number of ether oxygens (including phenoxy) is 1. The normalized spacial score (nSPS) is 11.0. The average Bonchev–Trinajstić information content (AvgIpc) is 2.97. The van der Waals surface area contributed by atoms with Crippen molar-refractivity contribution in [3.63, 3.8) is 0 Å². The van der Waals surface area contributed by atoms with Gasteiger partial charge in [0.05, 0.1) is 5.75 Å². The monoisotopic (exact) mass is 383 g/mol. The summed E-state index contributed by atoms with van der Waals surface area (Å²) < 4.78 is 32.7. The van der Waals surface area contributed by atoms with Crippen LogP contribution < -0.4 is 5.56 Å². The zero-order valence-electron chi connectivity index (χ0n) is 12.9. The molecule has 0 aliphatic rings. The number of hydrogen-bond donors (Lipinski definition) is 0. The van der Waals surface area contributed by atoms with E-state index in [1.54, 1.807) is 6.92 Å². The third kappa shape index (κ3) is 4.20. The van der Waals surface area contributed by atoms with Crippen LogP contribution in [0.25, 0.3) is 4.96 Å². The number of aromatic nitrogens is 3. The molecule has 10 heteroatoms. The van der Waals surface area contributed by atoms with E-state index in [0.29, 0.717) is 15.7 Å². The van der Waals surface area contributed by atoms with Crippen molar-refractivity contribution >= 4 is 34.0 Å². The van der Waals surface area contributed by atoms with Crippen LogP contribution in [0.4, 0.5) is 8.78 Å². The van der Waals surface area contributed by atoms with Crippen LogP contribution in [-0.4, -0.2) is 26.3 Å². The summed E-state index contributed by atoms with van der Waals surface area (Å²) in [5.74, 6) is -1.97. The number of aryl methyl sites for hydroxylation is 1. The molecule has 0 radical (unpaired) electrons. The number of hydrogen-bond acceptors (Lipinski definition) is 7. The van der Waals surface area contributed by atoms with E-state index in [4.69, 9.17) is 4.74 Å². The maximum absolute atomic E-state index is 13.5. The molecule has 2 aromatic heterocycles. The summed E-state index contributed by atoms with van der Waals surface area (Å²) in [6, 6.07) is 4.37. The lowest BCUT2D eigenvalue weighted by atomic mass is 10.3. The first-order valence-electron chi connectivity index (χ1n) is 7.02. The van der Waals surface area contributed by atoms with Gasteiger partial charge in [0.2, 0.25) is 4.96 Å². The summed E-state index contributed by atoms with van der Waals surface area (Å²) in [4.78, 5) is 28.1. The van der Waals surface area contributed by atoms with Crippen molar-refractivity contribution in [3.8, 4) is 0 Å². The fourth-order valence-corrected chi connectivity index (χ4v) is 3.54. The summed E-state index contributed by atoms with van der Waals surface area (Å²) >= 11 is 1.97. The highest BCUT2D eigenvalue weighted by Gasteiger charge is 2.12. The molecule has 1 aromatic carbocycles. The summed E-state index contributed by atoms with van der Waals surface area (Å²) in [5.41, 5.74) is 0.263. The van der Waals surface area contributed by atoms with Crippen LogP contribution in [0.1, 0.15) is 10.7 Å². The number of carbonyl (C=O) groups is 1. The van der Waals surface area contributed by atoms with Gasteiger partial charge in [-0.3, -0.25) is 9.59 Å². The molecule has 0 saturated carbocycles. The molecule has 0 atom stereocenters. The number of fused-ring (bicyclic) bond motifs is 1. The van der Waals surface area contributed by atoms with Gasteiger partial charge in [-0.15, -0.1) is 11.8 Å². The highest BCUT2D eigenvalue weighted by molar-refractivity contribution is 8.00. The minimum atomic E-state index is -0.607. The Morgan fingerprint density at radius 1 is 1.36 bits per heavy atom. The zero-order valence-corrected chi connectivity index (χ0v) is 14.5. The Hall–Kier alpha value is -2.33. The first-order valence-corrected chi connectivity index (χ1v) is 8.82. The first-order chi connectivity index (χ1) is 11.9. The molecule has 0 bridgehead atoms. The van der Waals surface area contributed by atoms with E-state index in [1.807, 2.05) is 0 Å². The second kappa shape index (κ2) is 7.28. The molecule has 130 valence electrons. The predicted octanol–water partition coefficient (Wildman–Crippen LogP) is 2.57. The summed E-state index contributed by atoms with van der Waals surface area (Å²) in [6.07, 6.45) is 0. The quantitative estimate of drug-likeness (QED) is 0.498. The lowest BCUT2D eigenvalue weighted by Crippen LogP contribution is -2.14. The van der Waals surface area contributed by atoms with E-state index in [2.05, 4.69) is 10.1 Å². The van der Waals surface area contributed by atoms with Crippen LogP contribution in [0, 0.1) is 18.6 Å². The van der Waals surface area contributed by atoms with Crippen LogP contribution in [0.15, 0.2) is 34.0 Å². The van der Waals surface area contributed by atoms with Crippen LogP contribution in [0.2, 0.25) is 0 Å². The Kier molecular flexibility index (Phi) is 5.09. The van der Waals surface area contributed by atoms with Gasteiger partial charge in [-0.25, -0.2) is 13.8 Å². The minimum absolute atomic E-state index is 0.0307. The van der Waals surface area contributed by atoms with Crippen molar-refractivity contribution in [3.05, 3.63) is 57.0 Å². The Morgan fingerprint density at radius 2 is 2.16 bits per heavy atom. The molecule has 0 aliphatic carbocycles. The van der Waals surface area contributed by atoms with Crippen molar-refractivity contribution in [2.75, 3.05) is 5.75 Å². The van der Waals surface area contributed by atoms with Crippen LogP contribution >= 0.6 is 23.1 Å². The molecule has 3 aromatic rings. The molecule has 0 unspecified atom stereocenters. The van der Waals surface area contributed by atoms with Gasteiger partial charge in [-0.1, -0.05) is 11.3 Å². The van der Waals surface area contributed by atoms with E-state index in [9.17, 15) is 18.4 Å². The molecular weight excluding hydrogens is 372 g/mol. The Labute approximate surface area is 148 Å². The minimum Gasteiger partial charge on any atom is -0.458 e. The molecule has 0 N–H and O–H groups in total. The second-order valence-corrected chi connectivity index (χ2v) is 7.01. The average molecular weight is 383 g/mol. The number of thioether (sulfide) groups is 1. The molecule has 0 amide bonds. The van der Waals surface area contributed by atoms with Gasteiger partial charge in [-0.2, -0.15) is 9.61 Å². The number of nitrogens with zero attached hydrogens (tertiary/aromatic N) is 3. The SMILES string of the molecule is Cc1cc(=O)n2nc(COC(=O)CSc3cc(F)ccc3F)sc2n1. The molecule has 0 saturated heterocycles. The lowest BCUT2D eigenvalue weighted by Gasteiger charge is -2.04. The maximum atomic E-state index is 13.5. The van der Waals surface area contributed by atoms with Crippen molar-refractivity contribution < 1.29 is 18.3 Å². The summed E-state index contributed by atoms with van der Waals surface area (Å²) in [6.45, 7) is 1.57. The van der Waals surface area contributed by atoms with Gasteiger partial charge in [-0.05, 0) is 25.1 Å². The Morgan fingerprint density at radius 3 is 2.96 bits per heavy atom. The highest BCUT2D eigenvalue weighted by atomic mass is 32.2. The van der Waals surface area contributed by atoms with Crippen molar-refractivity contribution in [2.45, 2.75) is 18.4 Å². The van der Waals surface area contributed by atoms with E-state index in [1.165, 1.54) is 6.07 Å².